The van der Waals surface area contributed by atoms with Gasteiger partial charge in [-0.2, -0.15) is 0 Å². The van der Waals surface area contributed by atoms with Crippen molar-refractivity contribution in [2.24, 2.45) is 5.92 Å². The molecule has 4 amide bonds. The lowest BCUT2D eigenvalue weighted by atomic mass is 9.98. The maximum absolute atomic E-state index is 12.7. The van der Waals surface area contributed by atoms with Crippen LogP contribution in [-0.2, 0) is 24.0 Å². The molecule has 9 heteroatoms. The standard InChI is InChI=1S/C21H28N4O5/c1-2-3-9-17(25-21(30)20(29)23-15-7-5-4-6-8-15)19(28)24-16(13-26)12-14-10-11-22-18(14)27/h4-8,13-14,16-17H,2-3,9-12H2,1H3,(H,22,27)(H,23,29)(H,24,28)(H,25,30)/t14-,16-,17?/m0/s1. The van der Waals surface area contributed by atoms with E-state index in [1.807, 2.05) is 6.92 Å². The summed E-state index contributed by atoms with van der Waals surface area (Å²) in [5, 5.41) is 10.2. The maximum Gasteiger partial charge on any atom is 0.313 e. The van der Waals surface area contributed by atoms with Gasteiger partial charge in [-0.05, 0) is 31.4 Å². The third kappa shape index (κ3) is 6.98. The van der Waals surface area contributed by atoms with Crippen LogP contribution < -0.4 is 21.3 Å². The zero-order chi connectivity index (χ0) is 21.9. The number of unbranched alkanes of at least 4 members (excludes halogenated alkanes) is 1. The molecule has 2 rings (SSSR count). The Balaban J connectivity index is 1.95. The van der Waals surface area contributed by atoms with E-state index < -0.39 is 29.8 Å². The molecule has 162 valence electrons. The van der Waals surface area contributed by atoms with Gasteiger partial charge in [-0.15, -0.1) is 0 Å². The summed E-state index contributed by atoms with van der Waals surface area (Å²) in [6, 6.07) is 6.69. The van der Waals surface area contributed by atoms with E-state index in [0.717, 1.165) is 6.42 Å². The summed E-state index contributed by atoms with van der Waals surface area (Å²) in [6.07, 6.45) is 3.15. The van der Waals surface area contributed by atoms with Crippen LogP contribution in [0.1, 0.15) is 39.0 Å². The summed E-state index contributed by atoms with van der Waals surface area (Å²) in [5.74, 6) is -2.84. The van der Waals surface area contributed by atoms with Crippen LogP contribution in [0.3, 0.4) is 0 Å². The number of aldehydes is 1. The Morgan fingerprint density at radius 1 is 1.17 bits per heavy atom. The third-order valence-corrected chi connectivity index (χ3v) is 4.90. The van der Waals surface area contributed by atoms with E-state index in [2.05, 4.69) is 21.3 Å². The zero-order valence-corrected chi connectivity index (χ0v) is 17.0. The van der Waals surface area contributed by atoms with Gasteiger partial charge in [-0.25, -0.2) is 0 Å². The first-order valence-corrected chi connectivity index (χ1v) is 10.1. The van der Waals surface area contributed by atoms with Gasteiger partial charge in [0.15, 0.2) is 0 Å². The highest BCUT2D eigenvalue weighted by molar-refractivity contribution is 6.40. The molecule has 4 N–H and O–H groups in total. The van der Waals surface area contributed by atoms with Gasteiger partial charge in [0.2, 0.25) is 11.8 Å². The Hall–Kier alpha value is -3.23. The Morgan fingerprint density at radius 3 is 2.50 bits per heavy atom. The third-order valence-electron chi connectivity index (χ3n) is 4.90. The van der Waals surface area contributed by atoms with Crippen LogP contribution in [0, 0.1) is 5.92 Å². The Labute approximate surface area is 175 Å². The van der Waals surface area contributed by atoms with Crippen LogP contribution in [0.25, 0.3) is 0 Å². The predicted molar refractivity (Wildman–Crippen MR) is 110 cm³/mol. The normalized spacial score (nSPS) is 17.4. The molecule has 1 heterocycles. The lowest BCUT2D eigenvalue weighted by molar-refractivity contribution is -0.138. The van der Waals surface area contributed by atoms with Gasteiger partial charge < -0.3 is 26.1 Å². The second kappa shape index (κ2) is 11.7. The van der Waals surface area contributed by atoms with Gasteiger partial charge in [0.05, 0.1) is 6.04 Å². The molecular weight excluding hydrogens is 388 g/mol. The zero-order valence-electron chi connectivity index (χ0n) is 17.0. The summed E-state index contributed by atoms with van der Waals surface area (Å²) in [7, 11) is 0. The van der Waals surface area contributed by atoms with Crippen molar-refractivity contribution in [3.8, 4) is 0 Å². The minimum atomic E-state index is -0.959. The van der Waals surface area contributed by atoms with Crippen molar-refractivity contribution >= 4 is 35.6 Å². The molecule has 0 spiro atoms. The largest absolute Gasteiger partial charge is 0.356 e. The lowest BCUT2D eigenvalue weighted by Gasteiger charge is -2.21. The van der Waals surface area contributed by atoms with E-state index in [4.69, 9.17) is 0 Å². The fourth-order valence-electron chi connectivity index (χ4n) is 3.22. The molecule has 1 aromatic carbocycles. The van der Waals surface area contributed by atoms with E-state index in [9.17, 15) is 24.0 Å². The van der Waals surface area contributed by atoms with Gasteiger partial charge in [-0.3, -0.25) is 19.2 Å². The van der Waals surface area contributed by atoms with E-state index >= 15 is 0 Å². The summed E-state index contributed by atoms with van der Waals surface area (Å²) < 4.78 is 0. The Bertz CT molecular complexity index is 768. The van der Waals surface area contributed by atoms with Gasteiger partial charge >= 0.3 is 11.8 Å². The number of rotatable bonds is 10. The van der Waals surface area contributed by atoms with Crippen molar-refractivity contribution in [1.29, 1.82) is 0 Å². The van der Waals surface area contributed by atoms with Crippen molar-refractivity contribution < 1.29 is 24.0 Å². The van der Waals surface area contributed by atoms with E-state index in [-0.39, 0.29) is 18.2 Å². The minimum absolute atomic E-state index is 0.135. The average molecular weight is 416 g/mol. The van der Waals surface area contributed by atoms with Gasteiger partial charge in [-0.1, -0.05) is 38.0 Å². The monoisotopic (exact) mass is 416 g/mol. The highest BCUT2D eigenvalue weighted by atomic mass is 16.2. The molecule has 0 aromatic heterocycles. The van der Waals surface area contributed by atoms with Crippen LogP contribution in [0.2, 0.25) is 0 Å². The number of carbonyl (C=O) groups excluding carboxylic acids is 5. The number of anilines is 1. The topological polar surface area (TPSA) is 133 Å². The number of amides is 4. The van der Waals surface area contributed by atoms with Gasteiger partial charge in [0.25, 0.3) is 0 Å². The number of nitrogens with one attached hydrogen (secondary N) is 4. The molecular formula is C21H28N4O5. The van der Waals surface area contributed by atoms with Gasteiger partial charge in [0, 0.05) is 18.2 Å². The smallest absolute Gasteiger partial charge is 0.313 e. The molecule has 1 saturated heterocycles. The molecule has 1 aliphatic heterocycles. The van der Waals surface area contributed by atoms with E-state index in [0.29, 0.717) is 37.8 Å². The quantitative estimate of drug-likeness (QED) is 0.326. The van der Waals surface area contributed by atoms with Gasteiger partial charge in [0.1, 0.15) is 12.3 Å². The number of hydrogen-bond donors (Lipinski definition) is 4. The van der Waals surface area contributed by atoms with Crippen LogP contribution in [0.15, 0.2) is 30.3 Å². The molecule has 1 unspecified atom stereocenters. The number of benzene rings is 1. The average Bonchev–Trinajstić information content (AvgIpc) is 3.15. The molecule has 3 atom stereocenters. The summed E-state index contributed by atoms with van der Waals surface area (Å²) in [4.78, 5) is 60.2. The summed E-state index contributed by atoms with van der Waals surface area (Å²) >= 11 is 0. The second-order valence-corrected chi connectivity index (χ2v) is 7.25. The Morgan fingerprint density at radius 2 is 1.90 bits per heavy atom. The molecule has 30 heavy (non-hydrogen) atoms. The fraction of sp³-hybridized carbons (Fsp3) is 0.476. The Kier molecular flexibility index (Phi) is 8.99. The van der Waals surface area contributed by atoms with Crippen LogP contribution in [-0.4, -0.2) is 48.5 Å². The molecule has 1 aromatic rings. The van der Waals surface area contributed by atoms with Crippen LogP contribution in [0.5, 0.6) is 0 Å². The number of hydrogen-bond acceptors (Lipinski definition) is 5. The van der Waals surface area contributed by atoms with Crippen molar-refractivity contribution in [3.63, 3.8) is 0 Å². The van der Waals surface area contributed by atoms with Crippen LogP contribution in [0.4, 0.5) is 5.69 Å². The molecule has 0 bridgehead atoms. The first-order valence-electron chi connectivity index (χ1n) is 10.1. The van der Waals surface area contributed by atoms with Crippen molar-refractivity contribution in [1.82, 2.24) is 16.0 Å². The fourth-order valence-corrected chi connectivity index (χ4v) is 3.22. The molecule has 9 nitrogen and oxygen atoms in total. The van der Waals surface area contributed by atoms with Crippen molar-refractivity contribution in [2.45, 2.75) is 51.1 Å². The molecule has 0 aliphatic carbocycles. The maximum atomic E-state index is 12.7. The predicted octanol–water partition coefficient (Wildman–Crippen LogP) is 0.510. The number of carbonyl (C=O) groups is 5. The first kappa shape index (κ1) is 23.1. The van der Waals surface area contributed by atoms with E-state index in [1.54, 1.807) is 30.3 Å². The molecule has 1 fully saturated rings. The van der Waals surface area contributed by atoms with Crippen molar-refractivity contribution in [2.75, 3.05) is 11.9 Å². The SMILES string of the molecule is CCCCC(NC(=O)C(=O)Nc1ccccc1)C(=O)N[C@H](C=O)C[C@@H]1CCNC1=O. The first-order chi connectivity index (χ1) is 14.4. The summed E-state index contributed by atoms with van der Waals surface area (Å²) in [6.45, 7) is 2.49. The minimum Gasteiger partial charge on any atom is -0.356 e. The molecule has 1 aliphatic rings. The van der Waals surface area contributed by atoms with Crippen LogP contribution >= 0.6 is 0 Å². The molecule has 0 saturated carbocycles. The number of para-hydroxylation sites is 1. The van der Waals surface area contributed by atoms with E-state index in [1.165, 1.54) is 0 Å². The lowest BCUT2D eigenvalue weighted by Crippen LogP contribution is -2.52. The second-order valence-electron chi connectivity index (χ2n) is 7.25. The van der Waals surface area contributed by atoms with Crippen molar-refractivity contribution in [3.05, 3.63) is 30.3 Å². The summed E-state index contributed by atoms with van der Waals surface area (Å²) in [5.41, 5.74) is 0.461. The molecule has 0 radical (unpaired) electrons. The highest BCUT2D eigenvalue weighted by Gasteiger charge is 2.30. The highest BCUT2D eigenvalue weighted by Crippen LogP contribution is 2.15.